The number of ether oxygens (including phenoxy) is 1. The molecular formula is C16H13BrOS. The Hall–Kier alpha value is -1.32. The van der Waals surface area contributed by atoms with Gasteiger partial charge in [0.2, 0.25) is 0 Å². The van der Waals surface area contributed by atoms with Gasteiger partial charge in [-0.25, -0.2) is 0 Å². The predicted molar refractivity (Wildman–Crippen MR) is 85.6 cm³/mol. The maximum absolute atomic E-state index is 5.45. The van der Waals surface area contributed by atoms with Gasteiger partial charge >= 0.3 is 0 Å². The molecule has 0 N–H and O–H groups in total. The zero-order valence-corrected chi connectivity index (χ0v) is 12.9. The van der Waals surface area contributed by atoms with Crippen molar-refractivity contribution in [2.24, 2.45) is 0 Å². The summed E-state index contributed by atoms with van der Waals surface area (Å²) in [6, 6.07) is 16.6. The van der Waals surface area contributed by atoms with Crippen molar-refractivity contribution >= 4 is 37.4 Å². The van der Waals surface area contributed by atoms with Gasteiger partial charge in [-0.1, -0.05) is 52.3 Å². The van der Waals surface area contributed by atoms with Crippen LogP contribution in [0.1, 0.15) is 16.0 Å². The quantitative estimate of drug-likeness (QED) is 0.584. The molecule has 19 heavy (non-hydrogen) atoms. The van der Waals surface area contributed by atoms with Crippen molar-refractivity contribution in [3.05, 3.63) is 65.0 Å². The van der Waals surface area contributed by atoms with Crippen molar-refractivity contribution in [2.45, 2.75) is 4.83 Å². The van der Waals surface area contributed by atoms with Crippen molar-refractivity contribution in [1.29, 1.82) is 0 Å². The maximum atomic E-state index is 5.45. The van der Waals surface area contributed by atoms with E-state index in [2.05, 4.69) is 51.6 Å². The molecule has 1 nitrogen and oxygen atoms in total. The molecular weight excluding hydrogens is 320 g/mol. The van der Waals surface area contributed by atoms with Crippen molar-refractivity contribution in [2.75, 3.05) is 7.11 Å². The molecule has 1 aromatic heterocycles. The molecule has 0 aliphatic carbocycles. The van der Waals surface area contributed by atoms with Gasteiger partial charge in [-0.2, -0.15) is 0 Å². The first-order valence-electron chi connectivity index (χ1n) is 6.04. The minimum absolute atomic E-state index is 0.153. The van der Waals surface area contributed by atoms with E-state index >= 15 is 0 Å². The highest BCUT2D eigenvalue weighted by atomic mass is 79.9. The molecule has 1 heterocycles. The predicted octanol–water partition coefficient (Wildman–Crippen LogP) is 5.39. The van der Waals surface area contributed by atoms with Gasteiger partial charge < -0.3 is 4.74 Å². The van der Waals surface area contributed by atoms with E-state index in [1.807, 2.05) is 18.2 Å². The zero-order chi connectivity index (χ0) is 13.2. The number of methoxy groups -OCH3 is 1. The molecule has 3 aromatic rings. The third-order valence-corrected chi connectivity index (χ3v) is 5.16. The molecule has 0 radical (unpaired) electrons. The second-order valence-electron chi connectivity index (χ2n) is 4.29. The summed E-state index contributed by atoms with van der Waals surface area (Å²) in [7, 11) is 1.71. The number of hydrogen-bond acceptors (Lipinski definition) is 2. The highest BCUT2D eigenvalue weighted by Crippen LogP contribution is 2.41. The third kappa shape index (κ3) is 2.28. The third-order valence-electron chi connectivity index (χ3n) is 3.20. The van der Waals surface area contributed by atoms with Crippen LogP contribution in [-0.2, 0) is 0 Å². The van der Waals surface area contributed by atoms with E-state index in [-0.39, 0.29) is 4.83 Å². The molecule has 0 bridgehead atoms. The molecule has 2 aromatic carbocycles. The molecule has 0 amide bonds. The number of para-hydroxylation sites is 1. The van der Waals surface area contributed by atoms with Crippen LogP contribution in [0, 0.1) is 0 Å². The van der Waals surface area contributed by atoms with E-state index in [1.165, 1.54) is 15.6 Å². The Bertz CT molecular complexity index is 705. The van der Waals surface area contributed by atoms with Crippen LogP contribution in [0.25, 0.3) is 10.1 Å². The van der Waals surface area contributed by atoms with Crippen molar-refractivity contribution in [1.82, 2.24) is 0 Å². The number of halogens is 1. The molecule has 1 unspecified atom stereocenters. The first kappa shape index (κ1) is 12.7. The molecule has 0 fully saturated rings. The highest BCUT2D eigenvalue weighted by Gasteiger charge is 2.18. The summed E-state index contributed by atoms with van der Waals surface area (Å²) in [5.41, 5.74) is 2.46. The van der Waals surface area contributed by atoms with Gasteiger partial charge in [0.25, 0.3) is 0 Å². The van der Waals surface area contributed by atoms with E-state index in [1.54, 1.807) is 18.4 Å². The lowest BCUT2D eigenvalue weighted by molar-refractivity contribution is 0.410. The lowest BCUT2D eigenvalue weighted by atomic mass is 10.0. The number of hydrogen-bond donors (Lipinski definition) is 0. The number of rotatable bonds is 3. The molecule has 3 rings (SSSR count). The highest BCUT2D eigenvalue weighted by molar-refractivity contribution is 9.09. The SMILES string of the molecule is COc1ccccc1C(Br)c1csc2ccccc12. The molecule has 0 saturated heterocycles. The van der Waals surface area contributed by atoms with Crippen molar-refractivity contribution in [3.8, 4) is 5.75 Å². The van der Waals surface area contributed by atoms with E-state index < -0.39 is 0 Å². The molecule has 1 atom stereocenters. The number of thiophene rings is 1. The Labute approximate surface area is 125 Å². The first-order chi connectivity index (χ1) is 9.31. The largest absolute Gasteiger partial charge is 0.496 e. The van der Waals surface area contributed by atoms with E-state index in [4.69, 9.17) is 4.74 Å². The van der Waals surface area contributed by atoms with Crippen molar-refractivity contribution < 1.29 is 4.74 Å². The molecule has 0 aliphatic heterocycles. The fourth-order valence-electron chi connectivity index (χ4n) is 2.24. The van der Waals surface area contributed by atoms with E-state index in [0.717, 1.165) is 11.3 Å². The lowest BCUT2D eigenvalue weighted by Crippen LogP contribution is -1.95. The Morgan fingerprint density at radius 2 is 1.74 bits per heavy atom. The van der Waals surface area contributed by atoms with Crippen LogP contribution >= 0.6 is 27.3 Å². The molecule has 96 valence electrons. The number of alkyl halides is 1. The number of benzene rings is 2. The van der Waals surface area contributed by atoms with Gasteiger partial charge in [-0.05, 0) is 28.5 Å². The Kier molecular flexibility index (Phi) is 3.58. The smallest absolute Gasteiger partial charge is 0.123 e. The first-order valence-corrected chi connectivity index (χ1v) is 7.84. The minimum Gasteiger partial charge on any atom is -0.496 e. The van der Waals surface area contributed by atoms with Crippen LogP contribution in [0.2, 0.25) is 0 Å². The topological polar surface area (TPSA) is 9.23 Å². The standard InChI is InChI=1S/C16H13BrOS/c1-18-14-8-4-2-7-12(14)16(17)13-10-19-15-9-5-3-6-11(13)15/h2-10,16H,1H3. The second-order valence-corrected chi connectivity index (χ2v) is 6.12. The van der Waals surface area contributed by atoms with Crippen LogP contribution in [-0.4, -0.2) is 7.11 Å². The second kappa shape index (κ2) is 5.35. The lowest BCUT2D eigenvalue weighted by Gasteiger charge is -2.13. The zero-order valence-electron chi connectivity index (χ0n) is 10.5. The van der Waals surface area contributed by atoms with Gasteiger partial charge in [0.15, 0.2) is 0 Å². The summed E-state index contributed by atoms with van der Waals surface area (Å²) in [5, 5.41) is 3.52. The van der Waals surface area contributed by atoms with Gasteiger partial charge in [0.05, 0.1) is 11.9 Å². The summed E-state index contributed by atoms with van der Waals surface area (Å²) in [6.07, 6.45) is 0. The monoisotopic (exact) mass is 332 g/mol. The fraction of sp³-hybridized carbons (Fsp3) is 0.125. The molecule has 3 heteroatoms. The van der Waals surface area contributed by atoms with E-state index in [9.17, 15) is 0 Å². The molecule has 0 spiro atoms. The summed E-state index contributed by atoms with van der Waals surface area (Å²) in [5.74, 6) is 0.916. The van der Waals surface area contributed by atoms with E-state index in [0.29, 0.717) is 0 Å². The van der Waals surface area contributed by atoms with Gasteiger partial charge in [-0.15, -0.1) is 11.3 Å². The van der Waals surface area contributed by atoms with Crippen LogP contribution in [0.15, 0.2) is 53.9 Å². The molecule has 0 aliphatic rings. The minimum atomic E-state index is 0.153. The van der Waals surface area contributed by atoms with Gasteiger partial charge in [0, 0.05) is 10.3 Å². The summed E-state index contributed by atoms with van der Waals surface area (Å²) >= 11 is 5.59. The Morgan fingerprint density at radius 3 is 2.58 bits per heavy atom. The number of fused-ring (bicyclic) bond motifs is 1. The Balaban J connectivity index is 2.11. The fourth-order valence-corrected chi connectivity index (χ4v) is 4.16. The summed E-state index contributed by atoms with van der Waals surface area (Å²) < 4.78 is 6.77. The Morgan fingerprint density at radius 1 is 1.00 bits per heavy atom. The van der Waals surface area contributed by atoms with Gasteiger partial charge in [-0.3, -0.25) is 0 Å². The summed E-state index contributed by atoms with van der Waals surface area (Å²) in [4.78, 5) is 0.153. The van der Waals surface area contributed by atoms with Gasteiger partial charge in [0.1, 0.15) is 5.75 Å². The van der Waals surface area contributed by atoms with Crippen LogP contribution in [0.5, 0.6) is 5.75 Å². The maximum Gasteiger partial charge on any atom is 0.123 e. The average molecular weight is 333 g/mol. The molecule has 0 saturated carbocycles. The van der Waals surface area contributed by atoms with Crippen molar-refractivity contribution in [3.63, 3.8) is 0 Å². The van der Waals surface area contributed by atoms with Crippen LogP contribution in [0.3, 0.4) is 0 Å². The van der Waals surface area contributed by atoms with Crippen LogP contribution in [0.4, 0.5) is 0 Å². The summed E-state index contributed by atoms with van der Waals surface area (Å²) in [6.45, 7) is 0. The normalized spacial score (nSPS) is 12.5. The van der Waals surface area contributed by atoms with Crippen LogP contribution < -0.4 is 4.74 Å². The average Bonchev–Trinajstić information content (AvgIpc) is 2.90.